The molecule has 0 aliphatic carbocycles. The van der Waals surface area contributed by atoms with Gasteiger partial charge in [0, 0.05) is 34.7 Å². The molecule has 2 N–H and O–H groups in total. The van der Waals surface area contributed by atoms with Gasteiger partial charge in [-0.2, -0.15) is 0 Å². The topological polar surface area (TPSA) is 101 Å². The van der Waals surface area contributed by atoms with Gasteiger partial charge in [0.1, 0.15) is 34.2 Å². The molecule has 0 bridgehead atoms. The van der Waals surface area contributed by atoms with Gasteiger partial charge in [0.15, 0.2) is 11.6 Å². The molecule has 0 saturated carbocycles. The molecular formula is C34H24Br4O6. The molecule has 0 atom stereocenters. The van der Waals surface area contributed by atoms with Crippen LogP contribution in [0, 0.1) is 0 Å². The van der Waals surface area contributed by atoms with Crippen molar-refractivity contribution in [2.24, 2.45) is 0 Å². The minimum Gasteiger partial charge on any atom is -0.506 e. The number of hydrogen-bond donors (Lipinski definition) is 2. The van der Waals surface area contributed by atoms with Crippen molar-refractivity contribution >= 4 is 97.2 Å². The van der Waals surface area contributed by atoms with E-state index in [2.05, 4.69) is 63.7 Å². The Morgan fingerprint density at radius 1 is 0.591 bits per heavy atom. The van der Waals surface area contributed by atoms with Crippen molar-refractivity contribution in [2.75, 3.05) is 0 Å². The number of aryl methyl sites for hydroxylation is 2. The average molecular weight is 848 g/mol. The summed E-state index contributed by atoms with van der Waals surface area (Å²) in [4.78, 5) is 25.9. The maximum atomic E-state index is 12.9. The van der Waals surface area contributed by atoms with E-state index in [1.807, 2.05) is 62.4 Å². The molecule has 0 unspecified atom stereocenters. The van der Waals surface area contributed by atoms with Crippen molar-refractivity contribution in [1.29, 1.82) is 0 Å². The molecule has 6 nitrogen and oxygen atoms in total. The van der Waals surface area contributed by atoms with Crippen LogP contribution in [0.1, 0.15) is 57.2 Å². The van der Waals surface area contributed by atoms with E-state index in [-0.39, 0.29) is 23.1 Å². The molecule has 0 saturated heterocycles. The minimum atomic E-state index is -0.122. The first kappa shape index (κ1) is 32.2. The van der Waals surface area contributed by atoms with Crippen LogP contribution in [-0.2, 0) is 12.8 Å². The number of phenolic OH excluding ortho intramolecular Hbond substituents is 2. The highest BCUT2D eigenvalue weighted by Gasteiger charge is 2.23. The summed E-state index contributed by atoms with van der Waals surface area (Å²) in [6, 6.07) is 21.5. The molecule has 10 heteroatoms. The summed E-state index contributed by atoms with van der Waals surface area (Å²) in [6.07, 6.45) is 1.27. The van der Waals surface area contributed by atoms with Crippen molar-refractivity contribution in [3.05, 3.63) is 124 Å². The van der Waals surface area contributed by atoms with Crippen LogP contribution >= 0.6 is 63.7 Å². The molecule has 0 aliphatic heterocycles. The monoisotopic (exact) mass is 844 g/mol. The number of phenols is 2. The number of benzene rings is 4. The highest BCUT2D eigenvalue weighted by molar-refractivity contribution is 9.11. The molecule has 224 valence electrons. The third-order valence-electron chi connectivity index (χ3n) is 6.99. The molecule has 0 aliphatic rings. The lowest BCUT2D eigenvalue weighted by molar-refractivity contribution is 0.103. The molecule has 6 rings (SSSR count). The number of hydrogen-bond acceptors (Lipinski definition) is 6. The van der Waals surface area contributed by atoms with Crippen molar-refractivity contribution < 1.29 is 28.6 Å². The molecule has 0 fully saturated rings. The van der Waals surface area contributed by atoms with Crippen LogP contribution in [0.25, 0.3) is 21.9 Å². The van der Waals surface area contributed by atoms with Gasteiger partial charge in [-0.15, -0.1) is 0 Å². The summed E-state index contributed by atoms with van der Waals surface area (Å²) < 4.78 is 13.4. The van der Waals surface area contributed by atoms with Crippen molar-refractivity contribution in [3.8, 4) is 11.5 Å². The van der Waals surface area contributed by atoms with Crippen molar-refractivity contribution in [3.63, 3.8) is 0 Å². The number of fused-ring (bicyclic) bond motifs is 2. The number of halogens is 4. The highest BCUT2D eigenvalue weighted by Crippen LogP contribution is 2.37. The normalized spacial score (nSPS) is 11.0. The zero-order chi connectivity index (χ0) is 31.7. The standard InChI is InChI=1S/2C17H12Br2O3/c2*1-2-13-15(10-5-3-4-6-14(10)22-13)16(20)9-7-11(18)17(21)12(19)8-9/h2*3-8,21H,2H2,1H3. The van der Waals surface area contributed by atoms with Gasteiger partial charge >= 0.3 is 0 Å². The number of ketones is 2. The lowest BCUT2D eigenvalue weighted by atomic mass is 9.99. The summed E-state index contributed by atoms with van der Waals surface area (Å²) >= 11 is 13.0. The number of rotatable bonds is 6. The van der Waals surface area contributed by atoms with Crippen molar-refractivity contribution in [1.82, 2.24) is 0 Å². The molecule has 6 aromatic rings. The first-order chi connectivity index (χ1) is 21.0. The number of carbonyl (C=O) groups is 2. The van der Waals surface area contributed by atoms with Crippen LogP contribution < -0.4 is 0 Å². The van der Waals surface area contributed by atoms with E-state index < -0.39 is 0 Å². The van der Waals surface area contributed by atoms with Gasteiger partial charge in [-0.25, -0.2) is 0 Å². The second-order valence-electron chi connectivity index (χ2n) is 9.74. The van der Waals surface area contributed by atoms with Gasteiger partial charge in [-0.05, 0) is 100 Å². The largest absolute Gasteiger partial charge is 0.506 e. The van der Waals surface area contributed by atoms with Crippen LogP contribution in [0.15, 0.2) is 99.5 Å². The van der Waals surface area contributed by atoms with Crippen LogP contribution in [0.2, 0.25) is 0 Å². The maximum absolute atomic E-state index is 12.9. The zero-order valence-corrected chi connectivity index (χ0v) is 29.7. The van der Waals surface area contributed by atoms with Gasteiger partial charge in [0.25, 0.3) is 0 Å². The highest BCUT2D eigenvalue weighted by atomic mass is 79.9. The molecule has 2 aromatic heterocycles. The van der Waals surface area contributed by atoms with Gasteiger partial charge in [-0.1, -0.05) is 50.2 Å². The third kappa shape index (κ3) is 6.18. The summed E-state index contributed by atoms with van der Waals surface area (Å²) in [5, 5.41) is 21.2. The van der Waals surface area contributed by atoms with E-state index in [9.17, 15) is 19.8 Å². The third-order valence-corrected chi connectivity index (χ3v) is 9.41. The van der Waals surface area contributed by atoms with Crippen LogP contribution in [0.5, 0.6) is 11.5 Å². The molecule has 0 spiro atoms. The Balaban J connectivity index is 0.000000175. The van der Waals surface area contributed by atoms with E-state index in [1.165, 1.54) is 0 Å². The molecule has 0 radical (unpaired) electrons. The maximum Gasteiger partial charge on any atom is 0.197 e. The van der Waals surface area contributed by atoms with Gasteiger partial charge in [-0.3, -0.25) is 9.59 Å². The van der Waals surface area contributed by atoms with Gasteiger partial charge < -0.3 is 19.0 Å². The lowest BCUT2D eigenvalue weighted by Crippen LogP contribution is -2.03. The Labute approximate surface area is 286 Å². The summed E-state index contributed by atoms with van der Waals surface area (Å²) in [5.41, 5.74) is 3.56. The van der Waals surface area contributed by atoms with Crippen LogP contribution in [0.4, 0.5) is 0 Å². The van der Waals surface area contributed by atoms with Crippen LogP contribution in [0.3, 0.4) is 0 Å². The number of aromatic hydroxyl groups is 2. The van der Waals surface area contributed by atoms with Crippen molar-refractivity contribution in [2.45, 2.75) is 26.7 Å². The Morgan fingerprint density at radius 2 is 0.909 bits per heavy atom. The predicted octanol–water partition coefficient (Wildman–Crippen LogP) is 10.9. The second-order valence-corrected chi connectivity index (χ2v) is 13.2. The Morgan fingerprint density at radius 3 is 1.23 bits per heavy atom. The Bertz CT molecular complexity index is 1860. The first-order valence-electron chi connectivity index (χ1n) is 13.5. The first-order valence-corrected chi connectivity index (χ1v) is 16.7. The lowest BCUT2D eigenvalue weighted by Gasteiger charge is -2.06. The molecule has 4 aromatic carbocycles. The summed E-state index contributed by atoms with van der Waals surface area (Å²) in [5.74, 6) is 1.25. The fourth-order valence-corrected chi connectivity index (χ4v) is 7.24. The van der Waals surface area contributed by atoms with E-state index >= 15 is 0 Å². The summed E-state index contributed by atoms with van der Waals surface area (Å²) in [6.45, 7) is 3.91. The van der Waals surface area contributed by atoms with Gasteiger partial charge in [0.05, 0.1) is 29.0 Å². The van der Waals surface area contributed by atoms with E-state index in [0.29, 0.717) is 75.7 Å². The quantitative estimate of drug-likeness (QED) is 0.162. The number of carbonyl (C=O) groups excluding carboxylic acids is 2. The van der Waals surface area contributed by atoms with E-state index in [1.54, 1.807) is 24.3 Å². The molecular weight excluding hydrogens is 824 g/mol. The molecule has 44 heavy (non-hydrogen) atoms. The van der Waals surface area contributed by atoms with Crippen LogP contribution in [-0.4, -0.2) is 21.8 Å². The van der Waals surface area contributed by atoms with E-state index in [4.69, 9.17) is 8.83 Å². The minimum absolute atomic E-state index is 0.0734. The molecule has 0 amide bonds. The SMILES string of the molecule is CCc1oc2ccccc2c1C(=O)c1cc(Br)c(O)c(Br)c1.CCc1oc2ccccc2c1C(=O)c1cc(Br)c(O)c(Br)c1. The average Bonchev–Trinajstić information content (AvgIpc) is 3.60. The van der Waals surface area contributed by atoms with Gasteiger partial charge in [0.2, 0.25) is 0 Å². The van der Waals surface area contributed by atoms with E-state index in [0.717, 1.165) is 10.8 Å². The fraction of sp³-hybridized carbons (Fsp3) is 0.118. The predicted molar refractivity (Wildman–Crippen MR) is 185 cm³/mol. The zero-order valence-electron chi connectivity index (χ0n) is 23.4. The second kappa shape index (κ2) is 13.4. The number of para-hydroxylation sites is 2. The summed E-state index contributed by atoms with van der Waals surface area (Å²) in [7, 11) is 0. The Kier molecular flexibility index (Phi) is 9.84. The smallest absolute Gasteiger partial charge is 0.197 e. The number of furan rings is 2. The fourth-order valence-electron chi connectivity index (χ4n) is 4.87. The Hall–Kier alpha value is -3.18. The molecule has 2 heterocycles.